The number of halogens is 1. The quantitative estimate of drug-likeness (QED) is 0.423. The van der Waals surface area contributed by atoms with Gasteiger partial charge in [-0.15, -0.1) is 0 Å². The topological polar surface area (TPSA) is 55.7 Å². The van der Waals surface area contributed by atoms with Crippen molar-refractivity contribution >= 4 is 11.7 Å². The number of para-hydroxylation sites is 2. The molecular weight excluding hydrogens is 433 g/mol. The van der Waals surface area contributed by atoms with Gasteiger partial charge in [-0.25, -0.2) is 9.18 Å². The molecule has 0 fully saturated rings. The number of benzene rings is 3. The van der Waals surface area contributed by atoms with E-state index in [2.05, 4.69) is 9.88 Å². The maximum atomic E-state index is 14.4. The fourth-order valence-electron chi connectivity index (χ4n) is 4.46. The second-order valence-electron chi connectivity index (χ2n) is 7.99. The summed E-state index contributed by atoms with van der Waals surface area (Å²) >= 11 is 0. The molecule has 6 nitrogen and oxygen atoms in total. The van der Waals surface area contributed by atoms with Crippen LogP contribution in [-0.2, 0) is 6.54 Å². The molecule has 2 heterocycles. The third kappa shape index (κ3) is 3.75. The number of hydrogen-bond acceptors (Lipinski definition) is 3. The van der Waals surface area contributed by atoms with E-state index in [1.807, 2.05) is 60.8 Å². The van der Waals surface area contributed by atoms with E-state index in [0.29, 0.717) is 18.0 Å². The van der Waals surface area contributed by atoms with Gasteiger partial charge in [-0.3, -0.25) is 0 Å². The minimum absolute atomic E-state index is 0.131. The van der Waals surface area contributed by atoms with Gasteiger partial charge in [-0.05, 0) is 53.6 Å². The average Bonchev–Trinajstić information content (AvgIpc) is 3.29. The standard InChI is InChI=1S/C27H24FN3O3/c1-33-24-14-13-18(16-25(24)34-2)26-23-12-7-15-30(23)22-11-6-3-8-19(22)17-31(26)27(32)29-21-10-5-4-9-20(21)28/h3-16,26H,17H2,1-2H3,(H,29,32). The molecule has 1 aliphatic rings. The van der Waals surface area contributed by atoms with Crippen LogP contribution in [0, 0.1) is 5.82 Å². The predicted molar refractivity (Wildman–Crippen MR) is 128 cm³/mol. The largest absolute Gasteiger partial charge is 0.493 e. The predicted octanol–water partition coefficient (Wildman–Crippen LogP) is 5.77. The molecule has 0 saturated carbocycles. The van der Waals surface area contributed by atoms with E-state index in [9.17, 15) is 9.18 Å². The first-order valence-corrected chi connectivity index (χ1v) is 10.9. The highest BCUT2D eigenvalue weighted by atomic mass is 19.1. The maximum Gasteiger partial charge on any atom is 0.323 e. The first-order valence-electron chi connectivity index (χ1n) is 10.9. The zero-order chi connectivity index (χ0) is 23.7. The first-order chi connectivity index (χ1) is 16.6. The number of methoxy groups -OCH3 is 2. The molecule has 34 heavy (non-hydrogen) atoms. The number of rotatable bonds is 4. The van der Waals surface area contributed by atoms with Gasteiger partial charge >= 0.3 is 6.03 Å². The molecule has 2 amide bonds. The number of fused-ring (bicyclic) bond motifs is 3. The van der Waals surface area contributed by atoms with Crippen LogP contribution < -0.4 is 14.8 Å². The van der Waals surface area contributed by atoms with Crippen molar-refractivity contribution < 1.29 is 18.7 Å². The number of nitrogens with one attached hydrogen (secondary N) is 1. The van der Waals surface area contributed by atoms with Crippen molar-refractivity contribution in [3.8, 4) is 17.2 Å². The number of urea groups is 1. The van der Waals surface area contributed by atoms with Gasteiger partial charge in [0.25, 0.3) is 0 Å². The third-order valence-corrected chi connectivity index (χ3v) is 6.06. The van der Waals surface area contributed by atoms with Crippen LogP contribution in [-0.4, -0.2) is 29.7 Å². The molecule has 1 N–H and O–H groups in total. The van der Waals surface area contributed by atoms with Gasteiger partial charge in [0.05, 0.1) is 38.2 Å². The average molecular weight is 458 g/mol. The van der Waals surface area contributed by atoms with Crippen molar-refractivity contribution in [2.24, 2.45) is 0 Å². The summed E-state index contributed by atoms with van der Waals surface area (Å²) in [5.41, 5.74) is 3.85. The lowest BCUT2D eigenvalue weighted by atomic mass is 10.0. The number of amides is 2. The molecule has 0 spiro atoms. The van der Waals surface area contributed by atoms with Crippen LogP contribution in [0.25, 0.3) is 5.69 Å². The third-order valence-electron chi connectivity index (χ3n) is 6.06. The lowest BCUT2D eigenvalue weighted by molar-refractivity contribution is 0.194. The lowest BCUT2D eigenvalue weighted by Gasteiger charge is -2.31. The van der Waals surface area contributed by atoms with Crippen molar-refractivity contribution in [2.45, 2.75) is 12.6 Å². The highest BCUT2D eigenvalue weighted by molar-refractivity contribution is 5.90. The molecule has 4 aromatic rings. The van der Waals surface area contributed by atoms with E-state index in [-0.39, 0.29) is 5.69 Å². The van der Waals surface area contributed by atoms with Crippen molar-refractivity contribution in [1.82, 2.24) is 9.47 Å². The molecule has 0 radical (unpaired) electrons. The van der Waals surface area contributed by atoms with Crippen LogP contribution in [0.5, 0.6) is 11.5 Å². The summed E-state index contributed by atoms with van der Waals surface area (Å²) < 4.78 is 27.4. The number of ether oxygens (including phenoxy) is 2. The molecule has 0 bridgehead atoms. The Bertz CT molecular complexity index is 1350. The molecule has 1 aromatic heterocycles. The van der Waals surface area contributed by atoms with Crippen molar-refractivity contribution in [1.29, 1.82) is 0 Å². The summed E-state index contributed by atoms with van der Waals surface area (Å²) in [7, 11) is 3.16. The van der Waals surface area contributed by atoms with Gasteiger partial charge < -0.3 is 24.3 Å². The summed E-state index contributed by atoms with van der Waals surface area (Å²) in [6.45, 7) is 0.331. The number of anilines is 1. The number of aromatic nitrogens is 1. The van der Waals surface area contributed by atoms with Crippen LogP contribution in [0.3, 0.4) is 0 Å². The summed E-state index contributed by atoms with van der Waals surface area (Å²) in [4.78, 5) is 15.4. The van der Waals surface area contributed by atoms with E-state index in [1.165, 1.54) is 6.07 Å². The zero-order valence-electron chi connectivity index (χ0n) is 18.9. The minimum Gasteiger partial charge on any atom is -0.493 e. The minimum atomic E-state index is -0.489. The van der Waals surface area contributed by atoms with Crippen molar-refractivity contribution in [3.05, 3.63) is 108 Å². The highest BCUT2D eigenvalue weighted by Gasteiger charge is 2.33. The fourth-order valence-corrected chi connectivity index (χ4v) is 4.46. The van der Waals surface area contributed by atoms with Crippen LogP contribution >= 0.6 is 0 Å². The Morgan fingerprint density at radius 2 is 1.71 bits per heavy atom. The summed E-state index contributed by atoms with van der Waals surface area (Å²) in [6.07, 6.45) is 1.99. The first kappa shape index (κ1) is 21.6. The second-order valence-corrected chi connectivity index (χ2v) is 7.99. The van der Waals surface area contributed by atoms with Gasteiger partial charge in [0.1, 0.15) is 5.82 Å². The summed E-state index contributed by atoms with van der Waals surface area (Å²) in [6, 6.07) is 22.8. The molecule has 0 aliphatic carbocycles. The van der Waals surface area contributed by atoms with E-state index in [4.69, 9.17) is 9.47 Å². The van der Waals surface area contributed by atoms with Crippen LogP contribution in [0.4, 0.5) is 14.9 Å². The molecule has 7 heteroatoms. The molecule has 0 saturated heterocycles. The Labute approximate surface area is 197 Å². The van der Waals surface area contributed by atoms with Crippen LogP contribution in [0.2, 0.25) is 0 Å². The Hall–Kier alpha value is -4.26. The van der Waals surface area contributed by atoms with Crippen molar-refractivity contribution in [2.75, 3.05) is 19.5 Å². The number of hydrogen-bond donors (Lipinski definition) is 1. The summed E-state index contributed by atoms with van der Waals surface area (Å²) in [5, 5.41) is 2.76. The van der Waals surface area contributed by atoms with E-state index in [0.717, 1.165) is 22.5 Å². The maximum absolute atomic E-state index is 14.4. The van der Waals surface area contributed by atoms with Crippen LogP contribution in [0.15, 0.2) is 85.1 Å². The Kier molecular flexibility index (Phi) is 5.67. The number of carbonyl (C=O) groups is 1. The highest BCUT2D eigenvalue weighted by Crippen LogP contribution is 2.39. The van der Waals surface area contributed by atoms with Gasteiger partial charge in [0.2, 0.25) is 0 Å². The zero-order valence-corrected chi connectivity index (χ0v) is 18.9. The lowest BCUT2D eigenvalue weighted by Crippen LogP contribution is -2.38. The molecule has 1 atom stereocenters. The molecule has 5 rings (SSSR count). The smallest absolute Gasteiger partial charge is 0.323 e. The second kappa shape index (κ2) is 8.94. The number of carbonyl (C=O) groups excluding carboxylic acids is 1. The SMILES string of the molecule is COc1ccc(C2c3cccn3-c3ccccc3CN2C(=O)Nc2ccccc2F)cc1OC. The Morgan fingerprint density at radius 3 is 2.50 bits per heavy atom. The normalized spacial score (nSPS) is 14.6. The van der Waals surface area contributed by atoms with Gasteiger partial charge in [0.15, 0.2) is 11.5 Å². The Morgan fingerprint density at radius 1 is 0.941 bits per heavy atom. The van der Waals surface area contributed by atoms with E-state index < -0.39 is 17.9 Å². The van der Waals surface area contributed by atoms with Gasteiger partial charge in [-0.2, -0.15) is 0 Å². The Balaban J connectivity index is 1.66. The van der Waals surface area contributed by atoms with Crippen LogP contribution in [0.1, 0.15) is 22.9 Å². The van der Waals surface area contributed by atoms with E-state index in [1.54, 1.807) is 37.3 Å². The van der Waals surface area contributed by atoms with Gasteiger partial charge in [-0.1, -0.05) is 36.4 Å². The molecule has 172 valence electrons. The fraction of sp³-hybridized carbons (Fsp3) is 0.148. The molecule has 1 aliphatic heterocycles. The molecule has 1 unspecified atom stereocenters. The van der Waals surface area contributed by atoms with E-state index >= 15 is 0 Å². The monoisotopic (exact) mass is 457 g/mol. The van der Waals surface area contributed by atoms with Crippen molar-refractivity contribution in [3.63, 3.8) is 0 Å². The number of nitrogens with zero attached hydrogens (tertiary/aromatic N) is 2. The van der Waals surface area contributed by atoms with Gasteiger partial charge in [0, 0.05) is 11.9 Å². The molecule has 3 aromatic carbocycles. The summed E-state index contributed by atoms with van der Waals surface area (Å²) in [5.74, 6) is 0.673. The molecular formula is C27H24FN3O3.